The fourth-order valence-electron chi connectivity index (χ4n) is 8.53. The molecule has 16 nitrogen and oxygen atoms in total. The molecule has 0 spiro atoms. The van der Waals surface area contributed by atoms with Crippen LogP contribution in [0.2, 0.25) is 0 Å². The van der Waals surface area contributed by atoms with Crippen molar-refractivity contribution < 1.29 is 23.9 Å². The lowest BCUT2D eigenvalue weighted by atomic mass is 10.0. The highest BCUT2D eigenvalue weighted by Crippen LogP contribution is 2.32. The smallest absolute Gasteiger partial charge is 0.320 e. The van der Waals surface area contributed by atoms with E-state index in [0.717, 1.165) is 56.0 Å². The van der Waals surface area contributed by atoms with Crippen molar-refractivity contribution in [3.63, 3.8) is 0 Å². The second-order valence-corrected chi connectivity index (χ2v) is 15.9. The molecular weight excluding hydrogens is 763 g/mol. The van der Waals surface area contributed by atoms with Gasteiger partial charge in [-0.25, -0.2) is 14.8 Å². The average Bonchev–Trinajstić information content (AvgIpc) is 3.58. The summed E-state index contributed by atoms with van der Waals surface area (Å²) in [5, 5.41) is 14.7. The maximum atomic E-state index is 13.5. The summed E-state index contributed by atoms with van der Waals surface area (Å²) in [6.45, 7) is 8.62. The van der Waals surface area contributed by atoms with E-state index < -0.39 is 0 Å². The topological polar surface area (TPSA) is 193 Å². The first-order valence-corrected chi connectivity index (χ1v) is 20.6. The molecule has 5 N–H and O–H groups in total. The van der Waals surface area contributed by atoms with Crippen molar-refractivity contribution in [2.24, 2.45) is 0 Å². The van der Waals surface area contributed by atoms with Crippen LogP contribution in [-0.2, 0) is 16.1 Å². The standard InChI is InChI=1S/C44H51N11O5/c1-29(7-14-38(57)49-28-56)55-24-31-23-33(10-13-37(31)43(55)58)51-19-21-52(22-20-51)34-25-54(26-34)44(59)53-17-15-32(16-18-53)50-42-39(41(46)47-27-48-42)40(45)30-8-11-36(12-9-30)60-35-5-3-2-4-6-35/h2-6,8-13,23,27-29,32,34,45H,7,14-22,24-26H2,1H3,(H,49,56,57)(H3,46,47,48,50). The molecule has 1 aromatic heterocycles. The van der Waals surface area contributed by atoms with Gasteiger partial charge in [-0.15, -0.1) is 0 Å². The predicted octanol–water partition coefficient (Wildman–Crippen LogP) is 4.17. The van der Waals surface area contributed by atoms with Crippen LogP contribution in [0.5, 0.6) is 11.5 Å². The van der Waals surface area contributed by atoms with Crippen LogP contribution >= 0.6 is 0 Å². The van der Waals surface area contributed by atoms with Gasteiger partial charge in [-0.3, -0.25) is 30.0 Å². The van der Waals surface area contributed by atoms with E-state index in [-0.39, 0.29) is 47.9 Å². The van der Waals surface area contributed by atoms with Gasteiger partial charge in [-0.05, 0) is 86.3 Å². The van der Waals surface area contributed by atoms with Crippen LogP contribution < -0.4 is 26.0 Å². The first-order valence-electron chi connectivity index (χ1n) is 20.6. The van der Waals surface area contributed by atoms with Gasteiger partial charge < -0.3 is 35.4 Å². The number of carbonyl (C=O) groups is 4. The Morgan fingerprint density at radius 3 is 2.37 bits per heavy atom. The highest BCUT2D eigenvalue weighted by molar-refractivity contribution is 6.16. The van der Waals surface area contributed by atoms with Crippen LogP contribution in [0, 0.1) is 5.41 Å². The summed E-state index contributed by atoms with van der Waals surface area (Å²) >= 11 is 0. The summed E-state index contributed by atoms with van der Waals surface area (Å²) in [5.41, 5.74) is 10.4. The first-order chi connectivity index (χ1) is 29.1. The maximum Gasteiger partial charge on any atom is 0.320 e. The van der Waals surface area contributed by atoms with Gasteiger partial charge in [-0.2, -0.15) is 0 Å². The third kappa shape index (κ3) is 8.73. The summed E-state index contributed by atoms with van der Waals surface area (Å²) in [6.07, 6.45) is 3.93. The number of aromatic nitrogens is 2. The Morgan fingerprint density at radius 2 is 1.65 bits per heavy atom. The van der Waals surface area contributed by atoms with Gasteiger partial charge >= 0.3 is 6.03 Å². The Hall–Kier alpha value is -6.55. The van der Waals surface area contributed by atoms with E-state index in [1.54, 1.807) is 4.90 Å². The fraction of sp³-hybridized carbons (Fsp3) is 0.386. The van der Waals surface area contributed by atoms with E-state index in [2.05, 4.69) is 36.5 Å². The van der Waals surface area contributed by atoms with Crippen LogP contribution in [-0.4, -0.2) is 130 Å². The number of piperidine rings is 1. The Bertz CT molecular complexity index is 2220. The van der Waals surface area contributed by atoms with Crippen LogP contribution in [0.25, 0.3) is 0 Å². The molecule has 1 unspecified atom stereocenters. The zero-order chi connectivity index (χ0) is 41.8. The van der Waals surface area contributed by atoms with Crippen molar-refractivity contribution in [2.45, 2.75) is 57.3 Å². The molecule has 3 saturated heterocycles. The molecule has 0 bridgehead atoms. The number of ether oxygens (including phenoxy) is 1. The number of piperazine rings is 1. The molecule has 0 radical (unpaired) electrons. The number of benzene rings is 3. The maximum absolute atomic E-state index is 13.5. The second-order valence-electron chi connectivity index (χ2n) is 15.9. The Kier molecular flexibility index (Phi) is 11.9. The number of para-hydroxylation sites is 1. The van der Waals surface area contributed by atoms with Crippen molar-refractivity contribution in [3.8, 4) is 11.5 Å². The largest absolute Gasteiger partial charge is 0.457 e. The van der Waals surface area contributed by atoms with Crippen LogP contribution in [0.15, 0.2) is 79.1 Å². The average molecular weight is 814 g/mol. The monoisotopic (exact) mass is 813 g/mol. The number of likely N-dealkylation sites (tertiary alicyclic amines) is 2. The third-order valence-corrected chi connectivity index (χ3v) is 12.1. The van der Waals surface area contributed by atoms with Gasteiger partial charge in [0.15, 0.2) is 0 Å². The van der Waals surface area contributed by atoms with Crippen LogP contribution in [0.4, 0.5) is 22.1 Å². The molecule has 60 heavy (non-hydrogen) atoms. The lowest BCUT2D eigenvalue weighted by Gasteiger charge is -2.49. The number of hydrogen-bond acceptors (Lipinski definition) is 12. The van der Waals surface area contributed by atoms with Gasteiger partial charge in [0.05, 0.1) is 11.3 Å². The Morgan fingerprint density at radius 1 is 0.933 bits per heavy atom. The molecule has 3 aromatic carbocycles. The summed E-state index contributed by atoms with van der Waals surface area (Å²) in [4.78, 5) is 68.1. The molecule has 4 aliphatic heterocycles. The van der Waals surface area contributed by atoms with Gasteiger partial charge in [-0.1, -0.05) is 18.2 Å². The zero-order valence-electron chi connectivity index (χ0n) is 33.8. The van der Waals surface area contributed by atoms with E-state index >= 15 is 0 Å². The molecule has 312 valence electrons. The quantitative estimate of drug-likeness (QED) is 0.112. The summed E-state index contributed by atoms with van der Waals surface area (Å²) in [5.74, 6) is 1.76. The van der Waals surface area contributed by atoms with Crippen molar-refractivity contribution in [1.82, 2.24) is 34.9 Å². The Labute approximate surface area is 349 Å². The van der Waals surface area contributed by atoms with E-state index in [4.69, 9.17) is 15.9 Å². The molecule has 5 heterocycles. The predicted molar refractivity (Wildman–Crippen MR) is 227 cm³/mol. The molecule has 16 heteroatoms. The summed E-state index contributed by atoms with van der Waals surface area (Å²) < 4.78 is 5.91. The zero-order valence-corrected chi connectivity index (χ0v) is 33.8. The number of carbonyl (C=O) groups excluding carboxylic acids is 4. The number of rotatable bonds is 13. The van der Waals surface area contributed by atoms with Gasteiger partial charge in [0.1, 0.15) is 29.5 Å². The van der Waals surface area contributed by atoms with Crippen molar-refractivity contribution in [2.75, 3.05) is 68.3 Å². The number of imide groups is 1. The van der Waals surface area contributed by atoms with Crippen molar-refractivity contribution >= 4 is 47.3 Å². The molecule has 4 aliphatic rings. The molecule has 0 aliphatic carbocycles. The number of nitrogens with one attached hydrogen (secondary N) is 3. The molecule has 5 amide bonds. The van der Waals surface area contributed by atoms with Gasteiger partial charge in [0, 0.05) is 100 Å². The molecule has 1 atom stereocenters. The number of nitrogens with zero attached hydrogens (tertiary/aromatic N) is 7. The second kappa shape index (κ2) is 17.7. The fourth-order valence-corrected chi connectivity index (χ4v) is 8.53. The number of anilines is 3. The SMILES string of the molecule is CC(CCC(=O)NC=O)N1Cc2cc(N3CCN(C4CN(C(=O)N5CCC(Nc6ncnc(N)c6C(=N)c6ccc(Oc7ccccc7)cc6)CC5)C4)CC3)ccc2C1=O. The van der Waals surface area contributed by atoms with Crippen molar-refractivity contribution in [1.29, 1.82) is 5.41 Å². The number of nitrogen functional groups attached to an aromatic ring is 1. The lowest BCUT2D eigenvalue weighted by Crippen LogP contribution is -2.66. The minimum atomic E-state index is -0.343. The number of fused-ring (bicyclic) bond motifs is 1. The van der Waals surface area contributed by atoms with Crippen LogP contribution in [0.3, 0.4) is 0 Å². The normalized spacial score (nSPS) is 17.8. The molecule has 8 rings (SSSR count). The van der Waals surface area contributed by atoms with Gasteiger partial charge in [0.25, 0.3) is 5.91 Å². The lowest BCUT2D eigenvalue weighted by molar-refractivity contribution is -0.125. The molecule has 0 saturated carbocycles. The highest BCUT2D eigenvalue weighted by atomic mass is 16.5. The molecule has 4 aromatic rings. The van der Waals surface area contributed by atoms with E-state index in [9.17, 15) is 19.2 Å². The van der Waals surface area contributed by atoms with Crippen LogP contribution in [0.1, 0.15) is 59.7 Å². The van der Waals surface area contributed by atoms with Crippen molar-refractivity contribution in [3.05, 3.63) is 101 Å². The third-order valence-electron chi connectivity index (χ3n) is 12.1. The number of hydrogen-bond donors (Lipinski definition) is 4. The van der Waals surface area contributed by atoms with E-state index in [0.29, 0.717) is 79.9 Å². The van der Waals surface area contributed by atoms with E-state index in [1.807, 2.05) is 83.5 Å². The summed E-state index contributed by atoms with van der Waals surface area (Å²) in [7, 11) is 0. The minimum Gasteiger partial charge on any atom is -0.457 e. The highest BCUT2D eigenvalue weighted by Gasteiger charge is 2.39. The van der Waals surface area contributed by atoms with Gasteiger partial charge in [0.2, 0.25) is 12.3 Å². The molecular formula is C44H51N11O5. The summed E-state index contributed by atoms with van der Waals surface area (Å²) in [6, 6.07) is 23.2. The molecule has 3 fully saturated rings. The first kappa shape index (κ1) is 40.2. The number of amides is 5. The number of urea groups is 1. The van der Waals surface area contributed by atoms with E-state index in [1.165, 1.54) is 6.33 Å². The number of nitrogens with two attached hydrogens (primary N) is 1. The Balaban J connectivity index is 0.775. The minimum absolute atomic E-state index is 0.0246.